The molecule has 0 heterocycles. The summed E-state index contributed by atoms with van der Waals surface area (Å²) >= 11 is 0. The lowest BCUT2D eigenvalue weighted by Gasteiger charge is -2.29. The molecule has 1 aliphatic rings. The number of amides is 1. The summed E-state index contributed by atoms with van der Waals surface area (Å²) in [6, 6.07) is 6.01. The van der Waals surface area contributed by atoms with Crippen LogP contribution >= 0.6 is 0 Å². The summed E-state index contributed by atoms with van der Waals surface area (Å²) < 4.78 is 0. The number of benzene rings is 1. The Morgan fingerprint density at radius 3 is 2.53 bits per heavy atom. The summed E-state index contributed by atoms with van der Waals surface area (Å²) in [5, 5.41) is 12.5. The van der Waals surface area contributed by atoms with Crippen LogP contribution in [0.2, 0.25) is 0 Å². The lowest BCUT2D eigenvalue weighted by molar-refractivity contribution is -0.123. The quantitative estimate of drug-likeness (QED) is 0.878. The fraction of sp³-hybridized carbons (Fsp3) is 0.562. The Bertz CT molecular complexity index is 436. The van der Waals surface area contributed by atoms with Crippen LogP contribution < -0.4 is 5.32 Å². The fourth-order valence-corrected chi connectivity index (χ4v) is 3.00. The van der Waals surface area contributed by atoms with Crippen molar-refractivity contribution >= 4 is 11.6 Å². The predicted molar refractivity (Wildman–Crippen MR) is 77.1 cm³/mol. The van der Waals surface area contributed by atoms with E-state index in [9.17, 15) is 9.90 Å². The van der Waals surface area contributed by atoms with Crippen molar-refractivity contribution < 1.29 is 9.90 Å². The van der Waals surface area contributed by atoms with Gasteiger partial charge in [0.1, 0.15) is 0 Å². The Balaban J connectivity index is 2.12. The van der Waals surface area contributed by atoms with E-state index in [0.717, 1.165) is 42.5 Å². The highest BCUT2D eigenvalue weighted by atomic mass is 16.3. The molecule has 0 spiro atoms. The number of aliphatic hydroxyl groups excluding tert-OH is 1. The van der Waals surface area contributed by atoms with Crippen LogP contribution in [0, 0.1) is 25.7 Å². The van der Waals surface area contributed by atoms with E-state index in [2.05, 4.69) is 5.32 Å². The molecule has 2 unspecified atom stereocenters. The third-order valence-corrected chi connectivity index (χ3v) is 4.21. The SMILES string of the molecule is Cc1cccc(C)c1NC(=O)C1CCCCC1CO. The third kappa shape index (κ3) is 3.16. The molecule has 0 radical (unpaired) electrons. The first-order valence-electron chi connectivity index (χ1n) is 7.11. The second kappa shape index (κ2) is 6.20. The van der Waals surface area contributed by atoms with Gasteiger partial charge in [-0.25, -0.2) is 0 Å². The second-order valence-electron chi connectivity index (χ2n) is 5.59. The van der Waals surface area contributed by atoms with E-state index in [4.69, 9.17) is 0 Å². The van der Waals surface area contributed by atoms with Gasteiger partial charge in [-0.1, -0.05) is 31.0 Å². The maximum absolute atomic E-state index is 12.4. The monoisotopic (exact) mass is 261 g/mol. The highest BCUT2D eigenvalue weighted by molar-refractivity contribution is 5.94. The number of nitrogens with one attached hydrogen (secondary N) is 1. The molecule has 1 aromatic rings. The van der Waals surface area contributed by atoms with Crippen molar-refractivity contribution in [2.75, 3.05) is 11.9 Å². The summed E-state index contributed by atoms with van der Waals surface area (Å²) in [7, 11) is 0. The normalized spacial score (nSPS) is 23.1. The van der Waals surface area contributed by atoms with Gasteiger partial charge in [0, 0.05) is 18.2 Å². The summed E-state index contributed by atoms with van der Waals surface area (Å²) in [4.78, 5) is 12.4. The summed E-state index contributed by atoms with van der Waals surface area (Å²) in [5.74, 6) is 0.145. The zero-order valence-electron chi connectivity index (χ0n) is 11.8. The zero-order chi connectivity index (χ0) is 13.8. The minimum absolute atomic E-state index is 0.0437. The van der Waals surface area contributed by atoms with Gasteiger partial charge in [-0.2, -0.15) is 0 Å². The van der Waals surface area contributed by atoms with Crippen LogP contribution in [-0.4, -0.2) is 17.6 Å². The largest absolute Gasteiger partial charge is 0.396 e. The molecule has 1 amide bonds. The van der Waals surface area contributed by atoms with E-state index in [-0.39, 0.29) is 24.3 Å². The minimum Gasteiger partial charge on any atom is -0.396 e. The van der Waals surface area contributed by atoms with Crippen LogP contribution in [0.3, 0.4) is 0 Å². The molecule has 104 valence electrons. The molecule has 2 atom stereocenters. The zero-order valence-corrected chi connectivity index (χ0v) is 11.8. The average molecular weight is 261 g/mol. The van der Waals surface area contributed by atoms with E-state index in [0.29, 0.717) is 0 Å². The van der Waals surface area contributed by atoms with Gasteiger partial charge in [0.2, 0.25) is 5.91 Å². The molecule has 0 bridgehead atoms. The van der Waals surface area contributed by atoms with Crippen molar-refractivity contribution in [2.45, 2.75) is 39.5 Å². The van der Waals surface area contributed by atoms with Crippen LogP contribution in [0.25, 0.3) is 0 Å². The number of hydrogen-bond acceptors (Lipinski definition) is 2. The van der Waals surface area contributed by atoms with Crippen molar-refractivity contribution in [1.29, 1.82) is 0 Å². The molecule has 1 aliphatic carbocycles. The number of rotatable bonds is 3. The molecule has 1 saturated carbocycles. The number of aliphatic hydroxyl groups is 1. The Morgan fingerprint density at radius 2 is 1.89 bits per heavy atom. The van der Waals surface area contributed by atoms with Crippen molar-refractivity contribution in [1.82, 2.24) is 0 Å². The molecule has 19 heavy (non-hydrogen) atoms. The first-order chi connectivity index (χ1) is 9.13. The molecule has 1 fully saturated rings. The number of aryl methyl sites for hydroxylation is 2. The van der Waals surface area contributed by atoms with Gasteiger partial charge >= 0.3 is 0 Å². The summed E-state index contributed by atoms with van der Waals surface area (Å²) in [5.41, 5.74) is 3.10. The fourth-order valence-electron chi connectivity index (χ4n) is 3.00. The molecule has 1 aromatic carbocycles. The maximum atomic E-state index is 12.4. The maximum Gasteiger partial charge on any atom is 0.227 e. The Hall–Kier alpha value is -1.35. The smallest absolute Gasteiger partial charge is 0.227 e. The highest BCUT2D eigenvalue weighted by Crippen LogP contribution is 2.31. The van der Waals surface area contributed by atoms with Gasteiger partial charge in [0.15, 0.2) is 0 Å². The van der Waals surface area contributed by atoms with Crippen LogP contribution in [0.4, 0.5) is 5.69 Å². The van der Waals surface area contributed by atoms with Gasteiger partial charge in [-0.3, -0.25) is 4.79 Å². The van der Waals surface area contributed by atoms with Crippen molar-refractivity contribution in [3.63, 3.8) is 0 Å². The molecule has 3 nitrogen and oxygen atoms in total. The van der Waals surface area contributed by atoms with E-state index in [1.165, 1.54) is 0 Å². The molecule has 3 heteroatoms. The molecule has 2 N–H and O–H groups in total. The lowest BCUT2D eigenvalue weighted by Crippen LogP contribution is -2.34. The Kier molecular flexibility index (Phi) is 4.59. The molecule has 2 rings (SSSR count). The van der Waals surface area contributed by atoms with E-state index in [1.54, 1.807) is 0 Å². The van der Waals surface area contributed by atoms with Crippen LogP contribution in [0.15, 0.2) is 18.2 Å². The predicted octanol–water partition coefficient (Wildman–Crippen LogP) is 3.04. The number of hydrogen-bond donors (Lipinski definition) is 2. The van der Waals surface area contributed by atoms with Gasteiger partial charge in [0.05, 0.1) is 0 Å². The number of carbonyl (C=O) groups excluding carboxylic acids is 1. The molecule has 0 aliphatic heterocycles. The van der Waals surface area contributed by atoms with Crippen LogP contribution in [0.1, 0.15) is 36.8 Å². The van der Waals surface area contributed by atoms with Crippen LogP contribution in [-0.2, 0) is 4.79 Å². The number of para-hydroxylation sites is 1. The topological polar surface area (TPSA) is 49.3 Å². The number of carbonyl (C=O) groups is 1. The minimum atomic E-state index is -0.0437. The molecule has 0 aromatic heterocycles. The van der Waals surface area contributed by atoms with Gasteiger partial charge < -0.3 is 10.4 Å². The first-order valence-corrected chi connectivity index (χ1v) is 7.11. The van der Waals surface area contributed by atoms with E-state index < -0.39 is 0 Å². The lowest BCUT2D eigenvalue weighted by atomic mass is 9.79. The van der Waals surface area contributed by atoms with Gasteiger partial charge in [-0.15, -0.1) is 0 Å². The number of anilines is 1. The molecular formula is C16H23NO2. The highest BCUT2D eigenvalue weighted by Gasteiger charge is 2.30. The standard InChI is InChI=1S/C16H23NO2/c1-11-6-5-7-12(2)15(11)17-16(19)14-9-4-3-8-13(14)10-18/h5-7,13-14,18H,3-4,8-10H2,1-2H3,(H,17,19). The Labute approximate surface area is 115 Å². The van der Waals surface area contributed by atoms with Gasteiger partial charge in [0.25, 0.3) is 0 Å². The average Bonchev–Trinajstić information content (AvgIpc) is 2.42. The van der Waals surface area contributed by atoms with E-state index in [1.807, 2.05) is 32.0 Å². The molecule has 0 saturated heterocycles. The first kappa shape index (κ1) is 14.1. The van der Waals surface area contributed by atoms with Gasteiger partial charge in [-0.05, 0) is 43.7 Å². The van der Waals surface area contributed by atoms with Crippen molar-refractivity contribution in [3.8, 4) is 0 Å². The van der Waals surface area contributed by atoms with Crippen molar-refractivity contribution in [3.05, 3.63) is 29.3 Å². The van der Waals surface area contributed by atoms with Crippen molar-refractivity contribution in [2.24, 2.45) is 11.8 Å². The third-order valence-electron chi connectivity index (χ3n) is 4.21. The van der Waals surface area contributed by atoms with Crippen LogP contribution in [0.5, 0.6) is 0 Å². The second-order valence-corrected chi connectivity index (χ2v) is 5.59. The summed E-state index contributed by atoms with van der Waals surface area (Å²) in [6.45, 7) is 4.13. The Morgan fingerprint density at radius 1 is 1.26 bits per heavy atom. The summed E-state index contributed by atoms with van der Waals surface area (Å²) in [6.07, 6.45) is 4.06. The van der Waals surface area contributed by atoms with E-state index >= 15 is 0 Å². The molecular weight excluding hydrogens is 238 g/mol.